The lowest BCUT2D eigenvalue weighted by atomic mass is 10.1. The number of imidazole rings is 1. The Balaban J connectivity index is 1.50. The molecule has 1 aromatic carbocycles. The number of aliphatic hydroxyl groups excluding tert-OH is 2. The zero-order valence-corrected chi connectivity index (χ0v) is 13.9. The molecule has 0 amide bonds. The van der Waals surface area contributed by atoms with E-state index in [0.29, 0.717) is 5.56 Å². The molecule has 0 radical (unpaired) electrons. The number of hydrogen-bond acceptors (Lipinski definition) is 8. The van der Waals surface area contributed by atoms with Crippen molar-refractivity contribution in [1.82, 2.24) is 19.5 Å². The van der Waals surface area contributed by atoms with Crippen molar-refractivity contribution >= 4 is 17.1 Å². The van der Waals surface area contributed by atoms with Gasteiger partial charge in [-0.15, -0.1) is 0 Å². The smallest absolute Gasteiger partial charge is 0.338 e. The molecule has 3 N–H and O–H groups in total. The Morgan fingerprint density at radius 2 is 2.00 bits per heavy atom. The van der Waals surface area contributed by atoms with Crippen LogP contribution in [0.4, 0.5) is 0 Å². The van der Waals surface area contributed by atoms with Gasteiger partial charge in [-0.2, -0.15) is 0 Å². The highest BCUT2D eigenvalue weighted by Crippen LogP contribution is 2.31. The Bertz CT molecular complexity index is 1020. The molecule has 27 heavy (non-hydrogen) atoms. The highest BCUT2D eigenvalue weighted by Gasteiger charge is 2.45. The number of carbonyl (C=O) groups is 1. The number of aromatic nitrogens is 4. The van der Waals surface area contributed by atoms with E-state index in [-0.39, 0.29) is 17.8 Å². The van der Waals surface area contributed by atoms with E-state index in [2.05, 4.69) is 15.0 Å². The van der Waals surface area contributed by atoms with Gasteiger partial charge in [0.15, 0.2) is 17.4 Å². The summed E-state index contributed by atoms with van der Waals surface area (Å²) in [6.07, 6.45) is -2.08. The van der Waals surface area contributed by atoms with Crippen LogP contribution >= 0.6 is 0 Å². The molecule has 1 saturated heterocycles. The second-order valence-electron chi connectivity index (χ2n) is 6.07. The molecule has 4 rings (SSSR count). The van der Waals surface area contributed by atoms with E-state index in [1.807, 2.05) is 0 Å². The van der Waals surface area contributed by atoms with Gasteiger partial charge in [-0.3, -0.25) is 9.36 Å². The molecule has 10 nitrogen and oxygen atoms in total. The zero-order valence-electron chi connectivity index (χ0n) is 13.9. The van der Waals surface area contributed by atoms with Crippen molar-refractivity contribution < 1.29 is 24.5 Å². The van der Waals surface area contributed by atoms with Gasteiger partial charge in [0, 0.05) is 0 Å². The molecule has 0 bridgehead atoms. The maximum absolute atomic E-state index is 12.0. The van der Waals surface area contributed by atoms with Crippen LogP contribution < -0.4 is 5.56 Å². The minimum Gasteiger partial charge on any atom is -0.459 e. The molecule has 0 aliphatic carbocycles. The van der Waals surface area contributed by atoms with Gasteiger partial charge in [0.1, 0.15) is 24.9 Å². The second-order valence-corrected chi connectivity index (χ2v) is 6.07. The molecule has 1 aliphatic rings. The number of nitrogens with zero attached hydrogens (tertiary/aromatic N) is 3. The average molecular weight is 372 g/mol. The zero-order chi connectivity index (χ0) is 19.0. The topological polar surface area (TPSA) is 140 Å². The maximum Gasteiger partial charge on any atom is 0.338 e. The lowest BCUT2D eigenvalue weighted by Crippen LogP contribution is -2.34. The lowest BCUT2D eigenvalue weighted by molar-refractivity contribution is -0.0565. The highest BCUT2D eigenvalue weighted by molar-refractivity contribution is 5.89. The number of carbonyl (C=O) groups excluding carboxylic acids is 1. The third-order valence-corrected chi connectivity index (χ3v) is 4.36. The first-order valence-corrected chi connectivity index (χ1v) is 8.20. The van der Waals surface area contributed by atoms with Gasteiger partial charge in [0.25, 0.3) is 5.56 Å². The summed E-state index contributed by atoms with van der Waals surface area (Å²) in [5.41, 5.74) is 0.227. The second kappa shape index (κ2) is 6.91. The minimum atomic E-state index is -1.32. The van der Waals surface area contributed by atoms with Gasteiger partial charge in [-0.25, -0.2) is 14.8 Å². The van der Waals surface area contributed by atoms with Crippen molar-refractivity contribution in [3.05, 3.63) is 58.9 Å². The van der Waals surface area contributed by atoms with Crippen LogP contribution in [-0.4, -0.2) is 60.6 Å². The third kappa shape index (κ3) is 3.10. The van der Waals surface area contributed by atoms with Crippen molar-refractivity contribution in [2.75, 3.05) is 6.61 Å². The SMILES string of the molecule is O=C(OC[C@H]1O[C@@H](n2cnc3c(=O)[nH]cnc32)[C@@H](O)[C@@H]1O)c1ccccc1. The van der Waals surface area contributed by atoms with E-state index in [9.17, 15) is 19.8 Å². The van der Waals surface area contributed by atoms with Crippen LogP contribution in [0.1, 0.15) is 16.6 Å². The number of rotatable bonds is 4. The van der Waals surface area contributed by atoms with Crippen molar-refractivity contribution in [3.63, 3.8) is 0 Å². The molecule has 1 aliphatic heterocycles. The van der Waals surface area contributed by atoms with E-state index in [4.69, 9.17) is 9.47 Å². The number of hydrogen-bond donors (Lipinski definition) is 3. The van der Waals surface area contributed by atoms with Crippen LogP contribution in [0.25, 0.3) is 11.2 Å². The van der Waals surface area contributed by atoms with E-state index < -0.39 is 36.1 Å². The Morgan fingerprint density at radius 1 is 1.22 bits per heavy atom. The number of nitrogens with one attached hydrogen (secondary N) is 1. The molecule has 1 fully saturated rings. The largest absolute Gasteiger partial charge is 0.459 e. The first-order valence-electron chi connectivity index (χ1n) is 8.20. The molecule has 3 heterocycles. The van der Waals surface area contributed by atoms with E-state index in [1.165, 1.54) is 17.2 Å². The number of aliphatic hydroxyl groups is 2. The standard InChI is InChI=1S/C17H16N4O6/c22-12-10(6-26-17(25)9-4-2-1-3-5-9)27-16(13(12)23)21-8-20-11-14(21)18-7-19-15(11)24/h1-5,7-8,10,12-13,16,22-23H,6H2,(H,18,19,24)/t10-,12-,13+,16-/m1/s1. The predicted octanol–water partition coefficient (Wildman–Crippen LogP) is -0.404. The molecular weight excluding hydrogens is 356 g/mol. The third-order valence-electron chi connectivity index (χ3n) is 4.36. The summed E-state index contributed by atoms with van der Waals surface area (Å²) in [6, 6.07) is 8.39. The molecule has 10 heteroatoms. The Morgan fingerprint density at radius 3 is 2.78 bits per heavy atom. The average Bonchev–Trinajstić information content (AvgIpc) is 3.23. The Kier molecular flexibility index (Phi) is 4.44. The highest BCUT2D eigenvalue weighted by atomic mass is 16.6. The summed E-state index contributed by atoms with van der Waals surface area (Å²) >= 11 is 0. The van der Waals surface area contributed by atoms with E-state index >= 15 is 0 Å². The normalized spacial score (nSPS) is 25.0. The molecule has 140 valence electrons. The van der Waals surface area contributed by atoms with Crippen LogP contribution in [0.5, 0.6) is 0 Å². The van der Waals surface area contributed by atoms with E-state index in [0.717, 1.165) is 0 Å². The summed E-state index contributed by atoms with van der Waals surface area (Å²) in [5.74, 6) is -0.564. The molecule has 0 unspecified atom stereocenters. The van der Waals surface area contributed by atoms with Crippen molar-refractivity contribution in [2.45, 2.75) is 24.5 Å². The number of aromatic amines is 1. The fourth-order valence-corrected chi connectivity index (χ4v) is 2.96. The van der Waals surface area contributed by atoms with Gasteiger partial charge < -0.3 is 24.7 Å². The van der Waals surface area contributed by atoms with Crippen molar-refractivity contribution in [3.8, 4) is 0 Å². The van der Waals surface area contributed by atoms with Gasteiger partial charge >= 0.3 is 5.97 Å². The molecule has 0 saturated carbocycles. The van der Waals surface area contributed by atoms with Gasteiger partial charge in [0.2, 0.25) is 0 Å². The minimum absolute atomic E-state index is 0.0849. The Hall–Kier alpha value is -3.08. The van der Waals surface area contributed by atoms with E-state index in [1.54, 1.807) is 30.3 Å². The molecule has 0 spiro atoms. The number of H-pyrrole nitrogens is 1. The van der Waals surface area contributed by atoms with Crippen molar-refractivity contribution in [1.29, 1.82) is 0 Å². The summed E-state index contributed by atoms with van der Waals surface area (Å²) in [4.78, 5) is 34.2. The number of benzene rings is 1. The van der Waals surface area contributed by atoms with Crippen LogP contribution in [0.3, 0.4) is 0 Å². The van der Waals surface area contributed by atoms with Crippen LogP contribution in [0, 0.1) is 0 Å². The Labute approximate surface area is 152 Å². The van der Waals surface area contributed by atoms with Crippen molar-refractivity contribution in [2.24, 2.45) is 0 Å². The van der Waals surface area contributed by atoms with Gasteiger partial charge in [-0.05, 0) is 12.1 Å². The first kappa shape index (κ1) is 17.3. The number of fused-ring (bicyclic) bond motifs is 1. The quantitative estimate of drug-likeness (QED) is 0.526. The molecular formula is C17H16N4O6. The molecule has 3 aromatic rings. The van der Waals surface area contributed by atoms with Crippen LogP contribution in [0.2, 0.25) is 0 Å². The summed E-state index contributed by atoms with van der Waals surface area (Å²) in [6.45, 7) is -0.247. The summed E-state index contributed by atoms with van der Waals surface area (Å²) < 4.78 is 12.2. The predicted molar refractivity (Wildman–Crippen MR) is 90.8 cm³/mol. The fraction of sp³-hybridized carbons (Fsp3) is 0.294. The van der Waals surface area contributed by atoms with Gasteiger partial charge in [0.05, 0.1) is 18.2 Å². The lowest BCUT2D eigenvalue weighted by Gasteiger charge is -2.16. The van der Waals surface area contributed by atoms with Crippen LogP contribution in [-0.2, 0) is 9.47 Å². The summed E-state index contributed by atoms with van der Waals surface area (Å²) in [7, 11) is 0. The first-order chi connectivity index (χ1) is 13.1. The number of ether oxygens (including phenoxy) is 2. The molecule has 2 aromatic heterocycles. The monoisotopic (exact) mass is 372 g/mol. The summed E-state index contributed by atoms with van der Waals surface area (Å²) in [5, 5.41) is 20.6. The molecule has 4 atom stereocenters. The van der Waals surface area contributed by atoms with Crippen LogP contribution in [0.15, 0.2) is 47.8 Å². The maximum atomic E-state index is 12.0. The number of esters is 1. The van der Waals surface area contributed by atoms with Gasteiger partial charge in [-0.1, -0.05) is 18.2 Å². The fourth-order valence-electron chi connectivity index (χ4n) is 2.96.